The van der Waals surface area contributed by atoms with Crippen molar-refractivity contribution in [1.29, 1.82) is 0 Å². The van der Waals surface area contributed by atoms with Crippen molar-refractivity contribution in [1.82, 2.24) is 4.57 Å². The number of carbonyl (C=O) groups is 1. The third-order valence-corrected chi connectivity index (χ3v) is 4.05. The van der Waals surface area contributed by atoms with E-state index in [1.807, 2.05) is 36.6 Å². The summed E-state index contributed by atoms with van der Waals surface area (Å²) in [5.74, 6) is 0.719. The second kappa shape index (κ2) is 7.38. The highest BCUT2D eigenvalue weighted by Crippen LogP contribution is 2.23. The molecule has 0 atom stereocenters. The predicted molar refractivity (Wildman–Crippen MR) is 83.7 cm³/mol. The van der Waals surface area contributed by atoms with E-state index in [1.165, 1.54) is 11.3 Å². The van der Waals surface area contributed by atoms with E-state index in [2.05, 4.69) is 4.99 Å². The Bertz CT molecular complexity index is 688. The van der Waals surface area contributed by atoms with Crippen LogP contribution in [0.3, 0.4) is 0 Å². The molecule has 0 fully saturated rings. The third-order valence-electron chi connectivity index (χ3n) is 3.01. The Balaban J connectivity index is 2.54. The van der Waals surface area contributed by atoms with E-state index in [0.29, 0.717) is 31.0 Å². The summed E-state index contributed by atoms with van der Waals surface area (Å²) in [6, 6.07) is 5.93. The number of methoxy groups -OCH3 is 1. The third kappa shape index (κ3) is 3.71. The topological polar surface area (TPSA) is 52.8 Å². The largest absolute Gasteiger partial charge is 0.494 e. The SMILES string of the molecule is CCOc1ccc2c(c1)sc(=NC(=O)CC)n2CCOC. The minimum atomic E-state index is -0.113. The first-order valence-corrected chi connectivity index (χ1v) is 7.84. The smallest absolute Gasteiger partial charge is 0.248 e. The number of hydrogen-bond acceptors (Lipinski definition) is 4. The van der Waals surface area contributed by atoms with Gasteiger partial charge in [-0.1, -0.05) is 18.3 Å². The zero-order valence-electron chi connectivity index (χ0n) is 12.6. The minimum Gasteiger partial charge on any atom is -0.494 e. The van der Waals surface area contributed by atoms with Gasteiger partial charge in [-0.2, -0.15) is 4.99 Å². The second-order valence-corrected chi connectivity index (χ2v) is 5.46. The molecule has 21 heavy (non-hydrogen) atoms. The van der Waals surface area contributed by atoms with Crippen molar-refractivity contribution in [3.05, 3.63) is 23.0 Å². The van der Waals surface area contributed by atoms with Gasteiger partial charge < -0.3 is 14.0 Å². The first kappa shape index (κ1) is 15.7. The Morgan fingerprint density at radius 3 is 2.86 bits per heavy atom. The molecule has 0 N–H and O–H groups in total. The Morgan fingerprint density at radius 1 is 1.38 bits per heavy atom. The zero-order valence-corrected chi connectivity index (χ0v) is 13.4. The van der Waals surface area contributed by atoms with E-state index in [-0.39, 0.29) is 5.91 Å². The van der Waals surface area contributed by atoms with Gasteiger partial charge >= 0.3 is 0 Å². The summed E-state index contributed by atoms with van der Waals surface area (Å²) in [5, 5.41) is 0. The molecular formula is C15H20N2O3S. The fourth-order valence-electron chi connectivity index (χ4n) is 1.98. The summed E-state index contributed by atoms with van der Waals surface area (Å²) >= 11 is 1.50. The van der Waals surface area contributed by atoms with Crippen molar-refractivity contribution in [2.24, 2.45) is 4.99 Å². The highest BCUT2D eigenvalue weighted by Gasteiger charge is 2.08. The van der Waals surface area contributed by atoms with Gasteiger partial charge in [0.1, 0.15) is 5.75 Å². The minimum absolute atomic E-state index is 0.113. The summed E-state index contributed by atoms with van der Waals surface area (Å²) < 4.78 is 13.7. The van der Waals surface area contributed by atoms with Crippen LogP contribution in [0.4, 0.5) is 0 Å². The van der Waals surface area contributed by atoms with Gasteiger partial charge in [0.15, 0.2) is 4.80 Å². The van der Waals surface area contributed by atoms with Gasteiger partial charge in [0.05, 0.1) is 23.4 Å². The van der Waals surface area contributed by atoms with Crippen LogP contribution in [-0.4, -0.2) is 30.8 Å². The number of benzene rings is 1. The van der Waals surface area contributed by atoms with Crippen molar-refractivity contribution >= 4 is 27.5 Å². The fourth-order valence-corrected chi connectivity index (χ4v) is 3.08. The number of ether oxygens (including phenoxy) is 2. The Kier molecular flexibility index (Phi) is 5.52. The molecule has 0 saturated heterocycles. The molecule has 0 bridgehead atoms. The van der Waals surface area contributed by atoms with Gasteiger partial charge in [0.2, 0.25) is 5.91 Å². The molecular weight excluding hydrogens is 288 g/mol. The molecule has 6 heteroatoms. The number of carbonyl (C=O) groups excluding carboxylic acids is 1. The number of hydrogen-bond donors (Lipinski definition) is 0. The molecule has 1 heterocycles. The van der Waals surface area contributed by atoms with Crippen LogP contribution in [0.15, 0.2) is 23.2 Å². The quantitative estimate of drug-likeness (QED) is 0.824. The first-order valence-electron chi connectivity index (χ1n) is 7.02. The number of aromatic nitrogens is 1. The Labute approximate surface area is 127 Å². The maximum absolute atomic E-state index is 11.6. The summed E-state index contributed by atoms with van der Waals surface area (Å²) in [6.45, 7) is 5.64. The summed E-state index contributed by atoms with van der Waals surface area (Å²) in [4.78, 5) is 16.5. The summed E-state index contributed by atoms with van der Waals surface area (Å²) in [5.41, 5.74) is 1.04. The molecule has 0 aliphatic carbocycles. The van der Waals surface area contributed by atoms with Gasteiger partial charge in [-0.15, -0.1) is 0 Å². The van der Waals surface area contributed by atoms with Gasteiger partial charge in [-0.05, 0) is 25.1 Å². The van der Waals surface area contributed by atoms with Gasteiger partial charge in [-0.25, -0.2) is 0 Å². The van der Waals surface area contributed by atoms with Crippen molar-refractivity contribution in [2.75, 3.05) is 20.3 Å². The number of nitrogens with zero attached hydrogens (tertiary/aromatic N) is 2. The van der Waals surface area contributed by atoms with E-state index in [4.69, 9.17) is 9.47 Å². The molecule has 0 saturated carbocycles. The Hall–Kier alpha value is -1.66. The van der Waals surface area contributed by atoms with Crippen molar-refractivity contribution < 1.29 is 14.3 Å². The van der Waals surface area contributed by atoms with Gasteiger partial charge in [0.25, 0.3) is 0 Å². The van der Waals surface area contributed by atoms with E-state index in [0.717, 1.165) is 16.0 Å². The Morgan fingerprint density at radius 2 is 2.19 bits per heavy atom. The van der Waals surface area contributed by atoms with E-state index in [1.54, 1.807) is 7.11 Å². The molecule has 0 radical (unpaired) electrons. The van der Waals surface area contributed by atoms with Crippen LogP contribution in [0.1, 0.15) is 20.3 Å². The molecule has 2 aromatic rings. The number of fused-ring (bicyclic) bond motifs is 1. The maximum Gasteiger partial charge on any atom is 0.248 e. The molecule has 1 amide bonds. The molecule has 0 aliphatic rings. The molecule has 0 unspecified atom stereocenters. The van der Waals surface area contributed by atoms with E-state index in [9.17, 15) is 4.79 Å². The normalized spacial score (nSPS) is 12.0. The summed E-state index contributed by atoms with van der Waals surface area (Å²) in [7, 11) is 1.66. The lowest BCUT2D eigenvalue weighted by Gasteiger charge is -2.05. The van der Waals surface area contributed by atoms with Crippen LogP contribution in [0.5, 0.6) is 5.75 Å². The zero-order chi connectivity index (χ0) is 15.2. The van der Waals surface area contributed by atoms with E-state index >= 15 is 0 Å². The van der Waals surface area contributed by atoms with Crippen molar-refractivity contribution in [2.45, 2.75) is 26.8 Å². The summed E-state index contributed by atoms with van der Waals surface area (Å²) in [6.07, 6.45) is 0.405. The van der Waals surface area contributed by atoms with Crippen molar-refractivity contribution in [3.63, 3.8) is 0 Å². The van der Waals surface area contributed by atoms with Crippen LogP contribution >= 0.6 is 11.3 Å². The lowest BCUT2D eigenvalue weighted by atomic mass is 10.3. The molecule has 5 nitrogen and oxygen atoms in total. The number of rotatable bonds is 6. The van der Waals surface area contributed by atoms with Crippen LogP contribution < -0.4 is 9.54 Å². The lowest BCUT2D eigenvalue weighted by Crippen LogP contribution is -2.19. The molecule has 1 aromatic heterocycles. The maximum atomic E-state index is 11.6. The number of thiazole rings is 1. The second-order valence-electron chi connectivity index (χ2n) is 4.45. The van der Waals surface area contributed by atoms with Crippen LogP contribution in [-0.2, 0) is 16.1 Å². The van der Waals surface area contributed by atoms with Crippen molar-refractivity contribution in [3.8, 4) is 5.75 Å². The average Bonchev–Trinajstić information content (AvgIpc) is 2.81. The standard InChI is InChI=1S/C15H20N2O3S/c1-4-14(18)16-15-17(8-9-19-3)12-7-6-11(20-5-2)10-13(12)21-15/h6-7,10H,4-5,8-9H2,1-3H3. The van der Waals surface area contributed by atoms with Crippen LogP contribution in [0.2, 0.25) is 0 Å². The average molecular weight is 308 g/mol. The van der Waals surface area contributed by atoms with Crippen LogP contribution in [0, 0.1) is 0 Å². The highest BCUT2D eigenvalue weighted by atomic mass is 32.1. The molecule has 0 aliphatic heterocycles. The fraction of sp³-hybridized carbons (Fsp3) is 0.467. The molecule has 0 spiro atoms. The molecule has 1 aromatic carbocycles. The van der Waals surface area contributed by atoms with Crippen LogP contribution in [0.25, 0.3) is 10.2 Å². The van der Waals surface area contributed by atoms with Gasteiger partial charge in [0, 0.05) is 20.1 Å². The monoisotopic (exact) mass is 308 g/mol. The lowest BCUT2D eigenvalue weighted by molar-refractivity contribution is -0.117. The highest BCUT2D eigenvalue weighted by molar-refractivity contribution is 7.16. The van der Waals surface area contributed by atoms with Gasteiger partial charge in [-0.3, -0.25) is 4.79 Å². The molecule has 114 valence electrons. The first-order chi connectivity index (χ1) is 10.2. The number of amides is 1. The predicted octanol–water partition coefficient (Wildman–Crippen LogP) is 2.59. The molecule has 2 rings (SSSR count). The van der Waals surface area contributed by atoms with E-state index < -0.39 is 0 Å².